The number of carbonyl (C=O) groups is 1. The lowest BCUT2D eigenvalue weighted by molar-refractivity contribution is -0.139. The number of benzene rings is 3. The summed E-state index contributed by atoms with van der Waals surface area (Å²) in [6.07, 6.45) is 0. The summed E-state index contributed by atoms with van der Waals surface area (Å²) in [4.78, 5) is 12.9. The maximum absolute atomic E-state index is 12.9. The first-order valence-corrected chi connectivity index (χ1v) is 9.42. The van der Waals surface area contributed by atoms with Crippen LogP contribution in [0.15, 0.2) is 77.4 Å². The molecule has 0 bridgehead atoms. The van der Waals surface area contributed by atoms with Crippen molar-refractivity contribution in [2.75, 3.05) is 6.61 Å². The molecule has 0 fully saturated rings. The molecule has 0 radical (unpaired) electrons. The summed E-state index contributed by atoms with van der Waals surface area (Å²) in [5.41, 5.74) is 7.44. The van der Waals surface area contributed by atoms with Gasteiger partial charge in [-0.15, -0.1) is 0 Å². The average molecular weight is 384 g/mol. The van der Waals surface area contributed by atoms with Gasteiger partial charge in [0, 0.05) is 0 Å². The molecule has 1 atom stereocenters. The minimum atomic E-state index is -0.677. The summed E-state index contributed by atoms with van der Waals surface area (Å²) < 4.78 is 10.9. The highest BCUT2D eigenvalue weighted by molar-refractivity contribution is 6.05. The highest BCUT2D eigenvalue weighted by Gasteiger charge is 2.38. The minimum Gasteiger partial charge on any atom is -0.463 e. The van der Waals surface area contributed by atoms with E-state index in [2.05, 4.69) is 12.1 Å². The van der Waals surface area contributed by atoms with Gasteiger partial charge in [-0.25, -0.2) is 4.79 Å². The van der Waals surface area contributed by atoms with Crippen molar-refractivity contribution in [3.05, 3.63) is 82.9 Å². The smallest absolute Gasteiger partial charge is 0.338 e. The van der Waals surface area contributed by atoms with E-state index in [1.807, 2.05) is 48.5 Å². The van der Waals surface area contributed by atoms with Crippen LogP contribution in [0.1, 0.15) is 25.3 Å². The van der Waals surface area contributed by atoms with E-state index in [-0.39, 0.29) is 18.1 Å². The second-order valence-electron chi connectivity index (χ2n) is 6.85. The lowest BCUT2D eigenvalue weighted by Gasteiger charge is -2.28. The summed E-state index contributed by atoms with van der Waals surface area (Å²) in [5, 5.41) is 13.9. The second-order valence-corrected chi connectivity index (χ2v) is 6.85. The maximum atomic E-state index is 12.9. The van der Waals surface area contributed by atoms with Gasteiger partial charge in [0.25, 0.3) is 0 Å². The Morgan fingerprint density at radius 1 is 1.14 bits per heavy atom. The van der Waals surface area contributed by atoms with E-state index in [0.29, 0.717) is 11.3 Å². The molecule has 0 aliphatic carbocycles. The molecular weight excluding hydrogens is 364 g/mol. The van der Waals surface area contributed by atoms with Crippen molar-refractivity contribution in [2.24, 2.45) is 5.73 Å². The maximum Gasteiger partial charge on any atom is 0.338 e. The molecule has 2 N–H and O–H groups in total. The van der Waals surface area contributed by atoms with Gasteiger partial charge in [-0.2, -0.15) is 5.26 Å². The van der Waals surface area contributed by atoms with Crippen LogP contribution in [0.2, 0.25) is 0 Å². The molecule has 5 nitrogen and oxygen atoms in total. The third-order valence-corrected chi connectivity index (χ3v) is 5.20. The number of ether oxygens (including phenoxy) is 2. The first kappa shape index (κ1) is 18.6. The number of nitriles is 1. The van der Waals surface area contributed by atoms with E-state index in [9.17, 15) is 10.1 Å². The van der Waals surface area contributed by atoms with Gasteiger partial charge in [0.1, 0.15) is 17.4 Å². The van der Waals surface area contributed by atoms with Gasteiger partial charge in [-0.05, 0) is 47.0 Å². The number of carbonyl (C=O) groups excluding carboxylic acids is 1. The highest BCUT2D eigenvalue weighted by Crippen LogP contribution is 2.45. The summed E-state index contributed by atoms with van der Waals surface area (Å²) in [6, 6.07) is 20.1. The number of nitrogens with zero attached hydrogens (tertiary/aromatic N) is 1. The normalized spacial score (nSPS) is 16.7. The number of esters is 1. The third-order valence-electron chi connectivity index (χ3n) is 5.20. The molecule has 144 valence electrons. The summed E-state index contributed by atoms with van der Waals surface area (Å²) in [6.45, 7) is 3.64. The zero-order valence-electron chi connectivity index (χ0n) is 16.2. The van der Waals surface area contributed by atoms with Crippen molar-refractivity contribution in [1.82, 2.24) is 0 Å². The van der Waals surface area contributed by atoms with Crippen LogP contribution in [-0.4, -0.2) is 12.6 Å². The molecule has 0 amide bonds. The van der Waals surface area contributed by atoms with Crippen LogP contribution in [0.5, 0.6) is 0 Å². The summed E-state index contributed by atoms with van der Waals surface area (Å²) >= 11 is 0. The number of nitrogens with two attached hydrogens (primary N) is 1. The van der Waals surface area contributed by atoms with Gasteiger partial charge in [-0.1, -0.05) is 48.5 Å². The zero-order valence-corrected chi connectivity index (χ0v) is 16.2. The Bertz CT molecular complexity index is 1190. The van der Waals surface area contributed by atoms with Crippen LogP contribution in [-0.2, 0) is 14.3 Å². The van der Waals surface area contributed by atoms with E-state index in [1.165, 1.54) is 0 Å². The molecule has 3 aromatic carbocycles. The van der Waals surface area contributed by atoms with E-state index >= 15 is 0 Å². The Hall–Kier alpha value is -3.78. The van der Waals surface area contributed by atoms with Gasteiger partial charge < -0.3 is 15.2 Å². The summed E-state index contributed by atoms with van der Waals surface area (Å²) in [7, 11) is 0. The highest BCUT2D eigenvalue weighted by atomic mass is 16.5. The Labute approximate surface area is 168 Å². The van der Waals surface area contributed by atoms with Crippen molar-refractivity contribution < 1.29 is 14.3 Å². The van der Waals surface area contributed by atoms with Gasteiger partial charge >= 0.3 is 5.97 Å². The first-order chi connectivity index (χ1) is 14.1. The van der Waals surface area contributed by atoms with Gasteiger partial charge in [0.2, 0.25) is 5.88 Å². The monoisotopic (exact) mass is 384 g/mol. The molecule has 0 saturated heterocycles. The van der Waals surface area contributed by atoms with Crippen LogP contribution in [0.4, 0.5) is 0 Å². The lowest BCUT2D eigenvalue weighted by Crippen LogP contribution is -2.25. The van der Waals surface area contributed by atoms with Gasteiger partial charge in [0.05, 0.1) is 18.1 Å². The van der Waals surface area contributed by atoms with Crippen molar-refractivity contribution >= 4 is 27.5 Å². The SMILES string of the molecule is CCOC(=O)C1=C(C)OC(N)=C(C#N)[C@@H]1c1c2ccccc2cc2ccccc12. The number of allylic oxidation sites excluding steroid dienone is 2. The largest absolute Gasteiger partial charge is 0.463 e. The molecule has 29 heavy (non-hydrogen) atoms. The molecule has 1 heterocycles. The quantitative estimate of drug-likeness (QED) is 0.525. The molecule has 0 aromatic heterocycles. The minimum absolute atomic E-state index is 0.0139. The Balaban J connectivity index is 2.13. The average Bonchev–Trinajstić information content (AvgIpc) is 2.71. The van der Waals surface area contributed by atoms with Crippen LogP contribution in [0.3, 0.4) is 0 Å². The zero-order chi connectivity index (χ0) is 20.5. The number of rotatable bonds is 3. The number of hydrogen-bond donors (Lipinski definition) is 1. The fourth-order valence-corrected chi connectivity index (χ4v) is 4.00. The molecule has 3 aromatic rings. The second kappa shape index (κ2) is 7.33. The van der Waals surface area contributed by atoms with E-state index in [4.69, 9.17) is 15.2 Å². The number of fused-ring (bicyclic) bond motifs is 2. The third kappa shape index (κ3) is 2.99. The van der Waals surface area contributed by atoms with Crippen molar-refractivity contribution in [3.8, 4) is 6.07 Å². The molecule has 0 spiro atoms. The van der Waals surface area contributed by atoms with E-state index in [1.54, 1.807) is 13.8 Å². The molecular formula is C24H20N2O3. The Morgan fingerprint density at radius 3 is 2.28 bits per heavy atom. The topological polar surface area (TPSA) is 85.3 Å². The van der Waals surface area contributed by atoms with Crippen molar-refractivity contribution in [2.45, 2.75) is 19.8 Å². The van der Waals surface area contributed by atoms with Crippen molar-refractivity contribution in [1.29, 1.82) is 5.26 Å². The molecule has 1 aliphatic heterocycles. The Morgan fingerprint density at radius 2 is 1.72 bits per heavy atom. The standard InChI is InChI=1S/C24H20N2O3/c1-3-28-24(27)20-14(2)29-23(26)19(13-25)22(20)21-17-10-6-4-8-15(17)12-16-9-5-7-11-18(16)21/h4-12,22H,3,26H2,1-2H3/t22-/m0/s1. The fraction of sp³-hybridized carbons (Fsp3) is 0.167. The van der Waals surface area contributed by atoms with Gasteiger partial charge in [0.15, 0.2) is 0 Å². The predicted molar refractivity (Wildman–Crippen MR) is 111 cm³/mol. The van der Waals surface area contributed by atoms with E-state index < -0.39 is 11.9 Å². The Kier molecular flexibility index (Phi) is 4.69. The lowest BCUT2D eigenvalue weighted by atomic mass is 9.78. The first-order valence-electron chi connectivity index (χ1n) is 9.42. The molecule has 4 rings (SSSR count). The molecule has 0 unspecified atom stereocenters. The number of hydrogen-bond acceptors (Lipinski definition) is 5. The van der Waals surface area contributed by atoms with Crippen LogP contribution < -0.4 is 5.73 Å². The molecule has 0 saturated carbocycles. The van der Waals surface area contributed by atoms with Crippen LogP contribution >= 0.6 is 0 Å². The predicted octanol–water partition coefficient (Wildman–Crippen LogP) is 4.64. The molecule has 5 heteroatoms. The summed E-state index contributed by atoms with van der Waals surface area (Å²) in [5.74, 6) is -0.821. The van der Waals surface area contributed by atoms with Crippen LogP contribution in [0.25, 0.3) is 21.5 Å². The van der Waals surface area contributed by atoms with Gasteiger partial charge in [-0.3, -0.25) is 0 Å². The van der Waals surface area contributed by atoms with Crippen molar-refractivity contribution in [3.63, 3.8) is 0 Å². The van der Waals surface area contributed by atoms with Crippen LogP contribution in [0, 0.1) is 11.3 Å². The molecule has 1 aliphatic rings. The van der Waals surface area contributed by atoms with E-state index in [0.717, 1.165) is 27.1 Å². The fourth-order valence-electron chi connectivity index (χ4n) is 4.00.